The molecule has 0 radical (unpaired) electrons. The lowest BCUT2D eigenvalue weighted by molar-refractivity contribution is -0.121. The van der Waals surface area contributed by atoms with E-state index < -0.39 is 5.54 Å². The number of benzene rings is 2. The number of nitrogens with one attached hydrogen (secondary N) is 2. The normalized spacial score (nSPS) is 22.3. The molecule has 0 fully saturated rings. The van der Waals surface area contributed by atoms with Gasteiger partial charge in [0.2, 0.25) is 0 Å². The average Bonchev–Trinajstić information content (AvgIpc) is 3.06. The van der Waals surface area contributed by atoms with Crippen molar-refractivity contribution < 1.29 is 9.18 Å². The molecule has 2 aromatic rings. The Morgan fingerprint density at radius 3 is 2.73 bits per heavy atom. The first kappa shape index (κ1) is 13.0. The molecule has 1 amide bonds. The van der Waals surface area contributed by atoms with Gasteiger partial charge >= 0.3 is 0 Å². The Morgan fingerprint density at radius 2 is 1.95 bits per heavy atom. The van der Waals surface area contributed by atoms with Gasteiger partial charge in [0.05, 0.1) is 5.71 Å². The molecule has 0 saturated carbocycles. The van der Waals surface area contributed by atoms with Crippen molar-refractivity contribution in [1.82, 2.24) is 5.43 Å². The number of hydrazone groups is 1. The molecular formula is C17H14FN3O. The summed E-state index contributed by atoms with van der Waals surface area (Å²) in [5, 5.41) is 7.24. The van der Waals surface area contributed by atoms with Gasteiger partial charge in [-0.2, -0.15) is 5.10 Å². The van der Waals surface area contributed by atoms with Crippen LogP contribution in [0.4, 0.5) is 10.1 Å². The molecule has 110 valence electrons. The molecular weight excluding hydrogens is 281 g/mol. The number of carbonyl (C=O) groups is 1. The number of fused-ring (bicyclic) bond motifs is 2. The van der Waals surface area contributed by atoms with Crippen LogP contribution in [0.25, 0.3) is 0 Å². The van der Waals surface area contributed by atoms with Gasteiger partial charge in [0.25, 0.3) is 5.91 Å². The monoisotopic (exact) mass is 295 g/mol. The lowest BCUT2D eigenvalue weighted by atomic mass is 9.85. The third-order valence-corrected chi connectivity index (χ3v) is 4.26. The summed E-state index contributed by atoms with van der Waals surface area (Å²) in [6, 6.07) is 12.0. The quantitative estimate of drug-likeness (QED) is 0.850. The van der Waals surface area contributed by atoms with Crippen molar-refractivity contribution in [3.63, 3.8) is 0 Å². The van der Waals surface area contributed by atoms with Crippen LogP contribution in [-0.4, -0.2) is 11.6 Å². The van der Waals surface area contributed by atoms with Crippen LogP contribution in [0.15, 0.2) is 47.6 Å². The molecule has 2 N–H and O–H groups in total. The van der Waals surface area contributed by atoms with Crippen molar-refractivity contribution >= 4 is 17.3 Å². The predicted octanol–water partition coefficient (Wildman–Crippen LogP) is 2.68. The SMILES string of the molecule is Cc1ccc2c(c1)[C@@]1(CC(c3ccc(F)cc3)=NN1)C(=O)N2. The summed E-state index contributed by atoms with van der Waals surface area (Å²) in [6.45, 7) is 1.99. The highest BCUT2D eigenvalue weighted by Gasteiger charge is 2.50. The topological polar surface area (TPSA) is 53.5 Å². The highest BCUT2D eigenvalue weighted by atomic mass is 19.1. The number of hydrogen-bond acceptors (Lipinski definition) is 3. The Kier molecular flexibility index (Phi) is 2.60. The Labute approximate surface area is 127 Å². The van der Waals surface area contributed by atoms with E-state index in [2.05, 4.69) is 15.8 Å². The van der Waals surface area contributed by atoms with Crippen LogP contribution in [0.3, 0.4) is 0 Å². The molecule has 5 heteroatoms. The van der Waals surface area contributed by atoms with Gasteiger partial charge in [-0.05, 0) is 30.7 Å². The number of hydrogen-bond donors (Lipinski definition) is 2. The predicted molar refractivity (Wildman–Crippen MR) is 82.2 cm³/mol. The first-order chi connectivity index (χ1) is 10.6. The summed E-state index contributed by atoms with van der Waals surface area (Å²) in [4.78, 5) is 12.5. The van der Waals surface area contributed by atoms with Crippen LogP contribution < -0.4 is 10.7 Å². The number of aryl methyl sites for hydroxylation is 1. The Balaban J connectivity index is 1.73. The number of anilines is 1. The summed E-state index contributed by atoms with van der Waals surface area (Å²) >= 11 is 0. The molecule has 1 spiro atoms. The average molecular weight is 295 g/mol. The molecule has 0 saturated heterocycles. The molecule has 2 heterocycles. The first-order valence-electron chi connectivity index (χ1n) is 7.11. The second-order valence-electron chi connectivity index (χ2n) is 5.76. The van der Waals surface area contributed by atoms with E-state index in [-0.39, 0.29) is 11.7 Å². The number of amides is 1. The minimum atomic E-state index is -0.856. The fraction of sp³-hybridized carbons (Fsp3) is 0.176. The minimum absolute atomic E-state index is 0.103. The van der Waals surface area contributed by atoms with Crippen LogP contribution in [-0.2, 0) is 10.3 Å². The van der Waals surface area contributed by atoms with Crippen molar-refractivity contribution in [2.24, 2.45) is 5.10 Å². The van der Waals surface area contributed by atoms with Gasteiger partial charge < -0.3 is 5.32 Å². The highest BCUT2D eigenvalue weighted by molar-refractivity contribution is 6.13. The second-order valence-corrected chi connectivity index (χ2v) is 5.76. The van der Waals surface area contributed by atoms with Crippen molar-refractivity contribution in [2.75, 3.05) is 5.32 Å². The lowest BCUT2D eigenvalue weighted by Gasteiger charge is -2.21. The number of rotatable bonds is 1. The van der Waals surface area contributed by atoms with Gasteiger partial charge in [0, 0.05) is 17.7 Å². The number of nitrogens with zero attached hydrogens (tertiary/aromatic N) is 1. The molecule has 1 atom stereocenters. The Morgan fingerprint density at radius 1 is 1.18 bits per heavy atom. The molecule has 2 aliphatic heterocycles. The minimum Gasteiger partial charge on any atom is -0.323 e. The van der Waals surface area contributed by atoms with E-state index in [1.165, 1.54) is 12.1 Å². The zero-order valence-corrected chi connectivity index (χ0v) is 12.0. The van der Waals surface area contributed by atoms with Gasteiger partial charge in [0.1, 0.15) is 5.82 Å². The maximum Gasteiger partial charge on any atom is 0.256 e. The van der Waals surface area contributed by atoms with Crippen molar-refractivity contribution in [3.8, 4) is 0 Å². The van der Waals surface area contributed by atoms with E-state index in [1.54, 1.807) is 12.1 Å². The Hall–Kier alpha value is -2.69. The highest BCUT2D eigenvalue weighted by Crippen LogP contribution is 2.41. The summed E-state index contributed by atoms with van der Waals surface area (Å²) in [6.07, 6.45) is 0.445. The number of carbonyl (C=O) groups excluding carboxylic acids is 1. The summed E-state index contributed by atoms with van der Waals surface area (Å²) < 4.78 is 13.1. The molecule has 0 aliphatic carbocycles. The van der Waals surface area contributed by atoms with Gasteiger partial charge in [-0.1, -0.05) is 29.8 Å². The van der Waals surface area contributed by atoms with Crippen LogP contribution in [0.1, 0.15) is 23.1 Å². The van der Waals surface area contributed by atoms with E-state index in [0.717, 1.165) is 28.1 Å². The number of halogens is 1. The standard InChI is InChI=1S/C17H14FN3O/c1-10-2-7-14-13(8-10)17(16(22)19-14)9-15(20-21-17)11-3-5-12(18)6-4-11/h2-8,21H,9H2,1H3,(H,19,22)/t17-/m0/s1. The van der Waals surface area contributed by atoms with Crippen molar-refractivity contribution in [3.05, 3.63) is 65.0 Å². The van der Waals surface area contributed by atoms with E-state index in [1.807, 2.05) is 25.1 Å². The molecule has 2 aliphatic rings. The molecule has 0 unspecified atom stereocenters. The van der Waals surface area contributed by atoms with E-state index in [0.29, 0.717) is 6.42 Å². The first-order valence-corrected chi connectivity index (χ1v) is 7.11. The fourth-order valence-corrected chi connectivity index (χ4v) is 3.06. The van der Waals surface area contributed by atoms with Crippen molar-refractivity contribution in [2.45, 2.75) is 18.9 Å². The van der Waals surface area contributed by atoms with Gasteiger partial charge in [-0.25, -0.2) is 4.39 Å². The Bertz CT molecular complexity index is 813. The third kappa shape index (κ3) is 1.75. The molecule has 2 aromatic carbocycles. The zero-order valence-electron chi connectivity index (χ0n) is 12.0. The third-order valence-electron chi connectivity index (χ3n) is 4.26. The van der Waals surface area contributed by atoms with Crippen molar-refractivity contribution in [1.29, 1.82) is 0 Å². The van der Waals surface area contributed by atoms with Crippen LogP contribution >= 0.6 is 0 Å². The van der Waals surface area contributed by atoms with Gasteiger partial charge in [-0.15, -0.1) is 0 Å². The van der Waals surface area contributed by atoms with E-state index in [9.17, 15) is 9.18 Å². The largest absolute Gasteiger partial charge is 0.323 e. The van der Waals surface area contributed by atoms with Crippen LogP contribution in [0, 0.1) is 12.7 Å². The lowest BCUT2D eigenvalue weighted by Crippen LogP contribution is -2.42. The molecule has 4 rings (SSSR count). The van der Waals surface area contributed by atoms with E-state index in [4.69, 9.17) is 0 Å². The molecule has 0 aromatic heterocycles. The second kappa shape index (κ2) is 4.40. The zero-order chi connectivity index (χ0) is 15.3. The maximum atomic E-state index is 13.1. The molecule has 22 heavy (non-hydrogen) atoms. The summed E-state index contributed by atoms with van der Waals surface area (Å²) in [5.74, 6) is -0.390. The van der Waals surface area contributed by atoms with Crippen LogP contribution in [0.2, 0.25) is 0 Å². The smallest absolute Gasteiger partial charge is 0.256 e. The maximum absolute atomic E-state index is 13.1. The summed E-state index contributed by atoms with van der Waals surface area (Å²) in [7, 11) is 0. The van der Waals surface area contributed by atoms with Gasteiger partial charge in [-0.3, -0.25) is 10.2 Å². The van der Waals surface area contributed by atoms with Crippen LogP contribution in [0.5, 0.6) is 0 Å². The fourth-order valence-electron chi connectivity index (χ4n) is 3.06. The van der Waals surface area contributed by atoms with E-state index >= 15 is 0 Å². The summed E-state index contributed by atoms with van der Waals surface area (Å²) in [5.41, 5.74) is 6.55. The molecule has 0 bridgehead atoms. The van der Waals surface area contributed by atoms with Gasteiger partial charge in [0.15, 0.2) is 5.54 Å². The molecule has 4 nitrogen and oxygen atoms in total.